The number of carbonyl (C=O) groups excluding carboxylic acids is 1. The molecule has 1 atom stereocenters. The van der Waals surface area contributed by atoms with Crippen LogP contribution in [0.3, 0.4) is 0 Å². The standard InChI is InChI=1S/C23H16ClNO4/c1-13-7-8-18-17(10-13)21(26)19-20(14-4-2-5-15(24)11-14)25(23(27)22(19)29-18)12-16-6-3-9-28-16/h2-11,20H,12H2,1H3/t20-/m1/s1. The molecule has 3 heterocycles. The van der Waals surface area contributed by atoms with Crippen molar-refractivity contribution in [3.63, 3.8) is 0 Å². The van der Waals surface area contributed by atoms with E-state index < -0.39 is 6.04 Å². The highest BCUT2D eigenvalue weighted by atomic mass is 35.5. The molecule has 0 bridgehead atoms. The van der Waals surface area contributed by atoms with Crippen LogP contribution in [0.1, 0.15) is 39.0 Å². The van der Waals surface area contributed by atoms with Crippen LogP contribution in [0.25, 0.3) is 11.0 Å². The fourth-order valence-corrected chi connectivity index (χ4v) is 4.09. The third-order valence-corrected chi connectivity index (χ3v) is 5.43. The zero-order valence-corrected chi connectivity index (χ0v) is 16.3. The highest BCUT2D eigenvalue weighted by Gasteiger charge is 2.43. The second kappa shape index (κ2) is 6.64. The summed E-state index contributed by atoms with van der Waals surface area (Å²) in [6.07, 6.45) is 1.55. The average Bonchev–Trinajstić information content (AvgIpc) is 3.31. The van der Waals surface area contributed by atoms with E-state index in [1.807, 2.05) is 19.1 Å². The summed E-state index contributed by atoms with van der Waals surface area (Å²) in [5.74, 6) is 0.342. The molecule has 144 valence electrons. The predicted octanol–water partition coefficient (Wildman–Crippen LogP) is 5.09. The van der Waals surface area contributed by atoms with Gasteiger partial charge in [0, 0.05) is 5.02 Å². The smallest absolute Gasteiger partial charge is 0.291 e. The van der Waals surface area contributed by atoms with Gasteiger partial charge < -0.3 is 13.7 Å². The van der Waals surface area contributed by atoms with Crippen LogP contribution in [0, 0.1) is 6.92 Å². The molecule has 1 amide bonds. The number of benzene rings is 2. The van der Waals surface area contributed by atoms with Crippen LogP contribution in [0.15, 0.2) is 74.5 Å². The van der Waals surface area contributed by atoms with E-state index in [0.717, 1.165) is 11.1 Å². The average molecular weight is 406 g/mol. The molecule has 2 aromatic carbocycles. The van der Waals surface area contributed by atoms with Gasteiger partial charge in [0.15, 0.2) is 5.43 Å². The molecule has 1 aliphatic heterocycles. The highest BCUT2D eigenvalue weighted by molar-refractivity contribution is 6.30. The van der Waals surface area contributed by atoms with Gasteiger partial charge in [0.2, 0.25) is 5.76 Å². The Kier molecular flexibility index (Phi) is 4.07. The Morgan fingerprint density at radius 3 is 2.69 bits per heavy atom. The minimum Gasteiger partial charge on any atom is -0.467 e. The molecule has 0 aliphatic carbocycles. The molecule has 5 rings (SSSR count). The van der Waals surface area contributed by atoms with Crippen molar-refractivity contribution in [3.05, 3.63) is 104 Å². The van der Waals surface area contributed by atoms with Crippen LogP contribution in [-0.4, -0.2) is 10.8 Å². The van der Waals surface area contributed by atoms with E-state index in [4.69, 9.17) is 20.4 Å². The zero-order chi connectivity index (χ0) is 20.1. The first kappa shape index (κ1) is 17.8. The lowest BCUT2D eigenvalue weighted by atomic mass is 9.98. The maximum Gasteiger partial charge on any atom is 0.291 e. The number of hydrogen-bond donors (Lipinski definition) is 0. The summed E-state index contributed by atoms with van der Waals surface area (Å²) in [5, 5.41) is 0.991. The van der Waals surface area contributed by atoms with Crippen molar-refractivity contribution in [2.45, 2.75) is 19.5 Å². The number of carbonyl (C=O) groups is 1. The van der Waals surface area contributed by atoms with E-state index in [1.165, 1.54) is 0 Å². The number of fused-ring (bicyclic) bond motifs is 2. The Hall–Kier alpha value is -3.31. The van der Waals surface area contributed by atoms with Gasteiger partial charge in [-0.05, 0) is 48.9 Å². The van der Waals surface area contributed by atoms with E-state index in [0.29, 0.717) is 27.3 Å². The first-order chi connectivity index (χ1) is 14.0. The minimum absolute atomic E-state index is 0.0721. The highest BCUT2D eigenvalue weighted by Crippen LogP contribution is 2.39. The molecule has 29 heavy (non-hydrogen) atoms. The summed E-state index contributed by atoms with van der Waals surface area (Å²) in [4.78, 5) is 28.3. The fraction of sp³-hybridized carbons (Fsp3) is 0.130. The van der Waals surface area contributed by atoms with Crippen molar-refractivity contribution in [1.82, 2.24) is 4.90 Å². The van der Waals surface area contributed by atoms with Crippen LogP contribution < -0.4 is 5.43 Å². The lowest BCUT2D eigenvalue weighted by Gasteiger charge is -2.24. The maximum absolute atomic E-state index is 13.4. The third-order valence-electron chi connectivity index (χ3n) is 5.19. The van der Waals surface area contributed by atoms with Gasteiger partial charge in [-0.2, -0.15) is 0 Å². The van der Waals surface area contributed by atoms with Crippen molar-refractivity contribution < 1.29 is 13.6 Å². The summed E-state index contributed by atoms with van der Waals surface area (Å²) < 4.78 is 11.4. The van der Waals surface area contributed by atoms with Gasteiger partial charge in [-0.25, -0.2) is 0 Å². The van der Waals surface area contributed by atoms with Crippen molar-refractivity contribution in [3.8, 4) is 0 Å². The van der Waals surface area contributed by atoms with E-state index in [1.54, 1.807) is 53.6 Å². The van der Waals surface area contributed by atoms with Crippen LogP contribution in [0.5, 0.6) is 0 Å². The molecule has 5 nitrogen and oxygen atoms in total. The van der Waals surface area contributed by atoms with E-state index in [9.17, 15) is 9.59 Å². The molecule has 1 aliphatic rings. The first-order valence-electron chi connectivity index (χ1n) is 9.19. The molecular weight excluding hydrogens is 390 g/mol. The Bertz CT molecular complexity index is 1310. The van der Waals surface area contributed by atoms with Crippen molar-refractivity contribution in [1.29, 1.82) is 0 Å². The Labute approximate surface area is 171 Å². The van der Waals surface area contributed by atoms with Gasteiger partial charge >= 0.3 is 0 Å². The summed E-state index contributed by atoms with van der Waals surface area (Å²) >= 11 is 6.21. The Morgan fingerprint density at radius 1 is 1.07 bits per heavy atom. The molecule has 0 N–H and O–H groups in total. The summed E-state index contributed by atoms with van der Waals surface area (Å²) in [6, 6.07) is 15.5. The molecule has 0 unspecified atom stereocenters. The minimum atomic E-state index is -0.609. The summed E-state index contributed by atoms with van der Waals surface area (Å²) in [7, 11) is 0. The number of halogens is 1. The van der Waals surface area contributed by atoms with Crippen LogP contribution in [0.2, 0.25) is 5.02 Å². The molecule has 2 aromatic heterocycles. The molecule has 6 heteroatoms. The second-order valence-electron chi connectivity index (χ2n) is 7.14. The normalized spacial score (nSPS) is 15.9. The molecule has 4 aromatic rings. The largest absolute Gasteiger partial charge is 0.467 e. The number of rotatable bonds is 3. The lowest BCUT2D eigenvalue weighted by Crippen LogP contribution is -2.29. The van der Waals surface area contributed by atoms with Crippen molar-refractivity contribution in [2.24, 2.45) is 0 Å². The number of amides is 1. The molecule has 0 saturated carbocycles. The zero-order valence-electron chi connectivity index (χ0n) is 15.5. The van der Waals surface area contributed by atoms with Gasteiger partial charge in [0.25, 0.3) is 5.91 Å². The van der Waals surface area contributed by atoms with Crippen molar-refractivity contribution >= 4 is 28.5 Å². The predicted molar refractivity (Wildman–Crippen MR) is 109 cm³/mol. The molecular formula is C23H16ClNO4. The number of furan rings is 1. The van der Waals surface area contributed by atoms with Gasteiger partial charge in [-0.3, -0.25) is 9.59 Å². The van der Waals surface area contributed by atoms with Crippen molar-refractivity contribution in [2.75, 3.05) is 0 Å². The Balaban J connectivity index is 1.77. The number of nitrogens with zero attached hydrogens (tertiary/aromatic N) is 1. The van der Waals surface area contributed by atoms with Gasteiger partial charge in [0.1, 0.15) is 11.3 Å². The topological polar surface area (TPSA) is 63.7 Å². The monoisotopic (exact) mass is 405 g/mol. The third kappa shape index (κ3) is 2.86. The maximum atomic E-state index is 13.4. The van der Waals surface area contributed by atoms with Gasteiger partial charge in [-0.1, -0.05) is 35.4 Å². The second-order valence-corrected chi connectivity index (χ2v) is 7.58. The Morgan fingerprint density at radius 2 is 1.93 bits per heavy atom. The van der Waals surface area contributed by atoms with Crippen LogP contribution in [-0.2, 0) is 6.54 Å². The van der Waals surface area contributed by atoms with Crippen LogP contribution >= 0.6 is 11.6 Å². The summed E-state index contributed by atoms with van der Waals surface area (Å²) in [5.41, 5.74) is 2.22. The first-order valence-corrected chi connectivity index (χ1v) is 9.57. The SMILES string of the molecule is Cc1ccc2oc3c(c(=O)c2c1)[C@@H](c1cccc(Cl)c1)N(Cc1ccco1)C3=O. The summed E-state index contributed by atoms with van der Waals surface area (Å²) in [6.45, 7) is 2.12. The van der Waals surface area contributed by atoms with Gasteiger partial charge in [-0.15, -0.1) is 0 Å². The fourth-order valence-electron chi connectivity index (χ4n) is 3.89. The number of aryl methyl sites for hydroxylation is 1. The van der Waals surface area contributed by atoms with E-state index >= 15 is 0 Å². The van der Waals surface area contributed by atoms with E-state index in [2.05, 4.69) is 0 Å². The van der Waals surface area contributed by atoms with Crippen LogP contribution in [0.4, 0.5) is 0 Å². The molecule has 0 spiro atoms. The van der Waals surface area contributed by atoms with Gasteiger partial charge in [0.05, 0.1) is 29.8 Å². The molecule has 0 fully saturated rings. The molecule has 0 radical (unpaired) electrons. The molecule has 0 saturated heterocycles. The number of hydrogen-bond acceptors (Lipinski definition) is 4. The lowest BCUT2D eigenvalue weighted by molar-refractivity contribution is 0.0701. The van der Waals surface area contributed by atoms with E-state index in [-0.39, 0.29) is 23.6 Å². The quantitative estimate of drug-likeness (QED) is 0.476.